The lowest BCUT2D eigenvalue weighted by molar-refractivity contribution is -0.120. The normalized spacial score (nSPS) is 20.3. The monoisotopic (exact) mass is 247 g/mol. The molecule has 1 atom stereocenters. The zero-order chi connectivity index (χ0) is 13.0. The fourth-order valence-corrected chi connectivity index (χ4v) is 2.19. The standard InChI is InChI=1S/C14H21N3O/c1-10-7-12(8-16-11(10)2)9-17-13-3-4-14(18)15-6-5-13/h7-8,13,17H,3-6,9H2,1-2H3,(H,15,18)/t13-/m0/s1. The summed E-state index contributed by atoms with van der Waals surface area (Å²) in [6.45, 7) is 5.71. The number of pyridine rings is 1. The molecule has 18 heavy (non-hydrogen) atoms. The van der Waals surface area contributed by atoms with Crippen LogP contribution in [-0.4, -0.2) is 23.5 Å². The summed E-state index contributed by atoms with van der Waals surface area (Å²) in [5.41, 5.74) is 3.52. The van der Waals surface area contributed by atoms with E-state index >= 15 is 0 Å². The number of nitrogens with zero attached hydrogens (tertiary/aromatic N) is 1. The maximum absolute atomic E-state index is 11.2. The van der Waals surface area contributed by atoms with Crippen molar-refractivity contribution >= 4 is 5.91 Å². The lowest BCUT2D eigenvalue weighted by atomic mass is 10.1. The van der Waals surface area contributed by atoms with Crippen LogP contribution in [0.4, 0.5) is 0 Å². The van der Waals surface area contributed by atoms with Gasteiger partial charge in [0.15, 0.2) is 0 Å². The molecule has 2 heterocycles. The van der Waals surface area contributed by atoms with Gasteiger partial charge in [0.25, 0.3) is 0 Å². The van der Waals surface area contributed by atoms with Crippen molar-refractivity contribution in [3.8, 4) is 0 Å². The highest BCUT2D eigenvalue weighted by Gasteiger charge is 2.15. The molecule has 4 heteroatoms. The number of rotatable bonds is 3. The molecule has 2 N–H and O–H groups in total. The fraction of sp³-hybridized carbons (Fsp3) is 0.571. The Hall–Kier alpha value is -1.42. The molecule has 1 amide bonds. The SMILES string of the molecule is Cc1cc(CN[C@@H]2CCNC(=O)CC2)cnc1C. The Morgan fingerprint density at radius 1 is 1.44 bits per heavy atom. The van der Waals surface area contributed by atoms with Crippen LogP contribution in [0.15, 0.2) is 12.3 Å². The molecule has 2 rings (SSSR count). The summed E-state index contributed by atoms with van der Waals surface area (Å²) in [5.74, 6) is 0.173. The highest BCUT2D eigenvalue weighted by atomic mass is 16.1. The summed E-state index contributed by atoms with van der Waals surface area (Å²) in [4.78, 5) is 15.6. The second-order valence-corrected chi connectivity index (χ2v) is 5.00. The van der Waals surface area contributed by atoms with Crippen molar-refractivity contribution in [3.05, 3.63) is 29.1 Å². The van der Waals surface area contributed by atoms with Gasteiger partial charge in [0, 0.05) is 37.4 Å². The maximum Gasteiger partial charge on any atom is 0.220 e. The number of carbonyl (C=O) groups excluding carboxylic acids is 1. The Morgan fingerprint density at radius 3 is 3.06 bits per heavy atom. The first kappa shape index (κ1) is 13.0. The smallest absolute Gasteiger partial charge is 0.220 e. The third kappa shape index (κ3) is 3.53. The Balaban J connectivity index is 1.86. The van der Waals surface area contributed by atoms with Gasteiger partial charge in [0.05, 0.1) is 0 Å². The van der Waals surface area contributed by atoms with E-state index in [0.29, 0.717) is 12.5 Å². The molecule has 0 aromatic carbocycles. The van der Waals surface area contributed by atoms with E-state index in [-0.39, 0.29) is 5.91 Å². The molecule has 0 unspecified atom stereocenters. The minimum Gasteiger partial charge on any atom is -0.356 e. The van der Waals surface area contributed by atoms with Gasteiger partial charge < -0.3 is 10.6 Å². The largest absolute Gasteiger partial charge is 0.356 e. The van der Waals surface area contributed by atoms with Gasteiger partial charge in [-0.05, 0) is 37.8 Å². The van der Waals surface area contributed by atoms with Crippen LogP contribution in [0.1, 0.15) is 36.1 Å². The summed E-state index contributed by atoms with van der Waals surface area (Å²) in [6.07, 6.45) is 4.48. The molecule has 1 aliphatic rings. The predicted molar refractivity (Wildman–Crippen MR) is 71.2 cm³/mol. The molecule has 1 aromatic rings. The maximum atomic E-state index is 11.2. The topological polar surface area (TPSA) is 54.0 Å². The zero-order valence-electron chi connectivity index (χ0n) is 11.1. The van der Waals surface area contributed by atoms with E-state index in [1.807, 2.05) is 13.1 Å². The minimum atomic E-state index is 0.173. The van der Waals surface area contributed by atoms with Gasteiger partial charge >= 0.3 is 0 Å². The summed E-state index contributed by atoms with van der Waals surface area (Å²) >= 11 is 0. The van der Waals surface area contributed by atoms with Crippen LogP contribution < -0.4 is 10.6 Å². The van der Waals surface area contributed by atoms with Crippen molar-refractivity contribution in [2.24, 2.45) is 0 Å². The Bertz CT molecular complexity index is 431. The quantitative estimate of drug-likeness (QED) is 0.850. The van der Waals surface area contributed by atoms with Gasteiger partial charge in [-0.1, -0.05) is 6.07 Å². The second kappa shape index (κ2) is 5.96. The molecule has 0 aliphatic carbocycles. The number of aryl methyl sites for hydroxylation is 2. The third-order valence-corrected chi connectivity index (χ3v) is 3.53. The summed E-state index contributed by atoms with van der Waals surface area (Å²) < 4.78 is 0. The highest BCUT2D eigenvalue weighted by molar-refractivity contribution is 5.76. The Labute approximate surface area is 108 Å². The summed E-state index contributed by atoms with van der Waals surface area (Å²) in [6, 6.07) is 2.60. The van der Waals surface area contributed by atoms with E-state index < -0.39 is 0 Å². The van der Waals surface area contributed by atoms with Crippen LogP contribution in [0, 0.1) is 13.8 Å². The average molecular weight is 247 g/mol. The number of hydrogen-bond acceptors (Lipinski definition) is 3. The molecule has 1 fully saturated rings. The lowest BCUT2D eigenvalue weighted by Gasteiger charge is -2.15. The van der Waals surface area contributed by atoms with E-state index in [2.05, 4.69) is 28.6 Å². The number of amides is 1. The van der Waals surface area contributed by atoms with Crippen molar-refractivity contribution in [1.82, 2.24) is 15.6 Å². The van der Waals surface area contributed by atoms with E-state index in [1.54, 1.807) is 0 Å². The van der Waals surface area contributed by atoms with E-state index in [1.165, 1.54) is 11.1 Å². The lowest BCUT2D eigenvalue weighted by Crippen LogP contribution is -2.29. The van der Waals surface area contributed by atoms with Crippen molar-refractivity contribution in [2.45, 2.75) is 45.7 Å². The third-order valence-electron chi connectivity index (χ3n) is 3.53. The Morgan fingerprint density at radius 2 is 2.28 bits per heavy atom. The molecule has 0 bridgehead atoms. The molecule has 1 saturated heterocycles. The number of nitrogens with one attached hydrogen (secondary N) is 2. The highest BCUT2D eigenvalue weighted by Crippen LogP contribution is 2.09. The first-order valence-electron chi connectivity index (χ1n) is 6.57. The molecule has 98 valence electrons. The Kier molecular flexibility index (Phi) is 4.31. The average Bonchev–Trinajstić information content (AvgIpc) is 2.56. The fourth-order valence-electron chi connectivity index (χ4n) is 2.19. The molecule has 0 spiro atoms. The predicted octanol–water partition coefficient (Wildman–Crippen LogP) is 1.46. The van der Waals surface area contributed by atoms with Gasteiger partial charge in [0.2, 0.25) is 5.91 Å². The first-order valence-corrected chi connectivity index (χ1v) is 6.57. The van der Waals surface area contributed by atoms with E-state index in [9.17, 15) is 4.79 Å². The molecule has 1 aliphatic heterocycles. The van der Waals surface area contributed by atoms with Crippen molar-refractivity contribution < 1.29 is 4.79 Å². The van der Waals surface area contributed by atoms with E-state index in [4.69, 9.17) is 0 Å². The number of hydrogen-bond donors (Lipinski definition) is 2. The molecule has 1 aromatic heterocycles. The summed E-state index contributed by atoms with van der Waals surface area (Å²) in [5, 5.41) is 6.41. The van der Waals surface area contributed by atoms with Gasteiger partial charge in [-0.15, -0.1) is 0 Å². The summed E-state index contributed by atoms with van der Waals surface area (Å²) in [7, 11) is 0. The molecule has 4 nitrogen and oxygen atoms in total. The van der Waals surface area contributed by atoms with Crippen molar-refractivity contribution in [3.63, 3.8) is 0 Å². The van der Waals surface area contributed by atoms with Crippen LogP contribution in [0.5, 0.6) is 0 Å². The van der Waals surface area contributed by atoms with Crippen LogP contribution in [0.25, 0.3) is 0 Å². The second-order valence-electron chi connectivity index (χ2n) is 5.00. The molecular formula is C14H21N3O. The molecule has 0 saturated carbocycles. The van der Waals surface area contributed by atoms with Crippen LogP contribution >= 0.6 is 0 Å². The van der Waals surface area contributed by atoms with Crippen LogP contribution in [0.3, 0.4) is 0 Å². The van der Waals surface area contributed by atoms with Gasteiger partial charge in [-0.3, -0.25) is 9.78 Å². The van der Waals surface area contributed by atoms with Crippen LogP contribution in [0.2, 0.25) is 0 Å². The molecular weight excluding hydrogens is 226 g/mol. The van der Waals surface area contributed by atoms with Gasteiger partial charge in [-0.2, -0.15) is 0 Å². The molecule has 0 radical (unpaired) electrons. The van der Waals surface area contributed by atoms with E-state index in [0.717, 1.165) is 31.6 Å². The zero-order valence-corrected chi connectivity index (χ0v) is 11.1. The van der Waals surface area contributed by atoms with Crippen molar-refractivity contribution in [1.29, 1.82) is 0 Å². The first-order chi connectivity index (χ1) is 8.65. The van der Waals surface area contributed by atoms with Gasteiger partial charge in [0.1, 0.15) is 0 Å². The van der Waals surface area contributed by atoms with Crippen LogP contribution in [-0.2, 0) is 11.3 Å². The van der Waals surface area contributed by atoms with Crippen molar-refractivity contribution in [2.75, 3.05) is 6.54 Å². The minimum absolute atomic E-state index is 0.173. The van der Waals surface area contributed by atoms with Gasteiger partial charge in [-0.25, -0.2) is 0 Å². The number of aromatic nitrogens is 1. The number of carbonyl (C=O) groups is 1.